The molecule has 0 atom stereocenters. The van der Waals surface area contributed by atoms with E-state index in [1.807, 2.05) is 0 Å². The second-order valence-corrected chi connectivity index (χ2v) is 5.47. The van der Waals surface area contributed by atoms with E-state index in [9.17, 15) is 0 Å². The summed E-state index contributed by atoms with van der Waals surface area (Å²) in [5, 5.41) is 1.30. The van der Waals surface area contributed by atoms with Gasteiger partial charge in [0.1, 0.15) is 6.61 Å². The molecule has 0 radical (unpaired) electrons. The van der Waals surface area contributed by atoms with E-state index in [1.54, 1.807) is 0 Å². The van der Waals surface area contributed by atoms with Gasteiger partial charge in [0.05, 0.1) is 5.54 Å². The second-order valence-electron chi connectivity index (χ2n) is 5.47. The van der Waals surface area contributed by atoms with Crippen LogP contribution in [0.5, 0.6) is 0 Å². The Labute approximate surface area is 107 Å². The van der Waals surface area contributed by atoms with Crippen LogP contribution in [0.1, 0.15) is 25.8 Å². The average Bonchev–Trinajstić information content (AvgIpc) is 2.90. The Morgan fingerprint density at radius 1 is 1.28 bits per heavy atom. The minimum Gasteiger partial charge on any atom is -0.478 e. The van der Waals surface area contributed by atoms with Crippen LogP contribution in [-0.2, 0) is 11.2 Å². The van der Waals surface area contributed by atoms with Gasteiger partial charge in [-0.1, -0.05) is 18.2 Å². The van der Waals surface area contributed by atoms with Crippen molar-refractivity contribution in [1.82, 2.24) is 4.98 Å². The fraction of sp³-hybridized carbons (Fsp3) is 0.400. The minimum atomic E-state index is -0.0461. The third kappa shape index (κ3) is 2.13. The number of aryl methyl sites for hydroxylation is 1. The number of ether oxygens (including phenoxy) is 1. The standard InChI is InChI=1S/C15H18N2O/c1-15(2)10-18-14(17-15)8-7-11-9-16-13-6-4-3-5-12(11)13/h3-6,9,16H,7-8,10H2,1-2H3. The van der Waals surface area contributed by atoms with Gasteiger partial charge in [-0.05, 0) is 31.9 Å². The summed E-state index contributed by atoms with van der Waals surface area (Å²) >= 11 is 0. The molecule has 0 amide bonds. The van der Waals surface area contributed by atoms with Crippen molar-refractivity contribution >= 4 is 16.8 Å². The summed E-state index contributed by atoms with van der Waals surface area (Å²) < 4.78 is 5.62. The van der Waals surface area contributed by atoms with Crippen LogP contribution < -0.4 is 0 Å². The number of hydrogen-bond acceptors (Lipinski definition) is 2. The number of aromatic amines is 1. The molecule has 0 aliphatic carbocycles. The smallest absolute Gasteiger partial charge is 0.184 e. The third-order valence-electron chi connectivity index (χ3n) is 3.30. The molecule has 1 aromatic heterocycles. The molecule has 1 aromatic carbocycles. The average molecular weight is 242 g/mol. The highest BCUT2D eigenvalue weighted by Gasteiger charge is 2.25. The molecule has 3 nitrogen and oxygen atoms in total. The van der Waals surface area contributed by atoms with Crippen LogP contribution in [0.4, 0.5) is 0 Å². The maximum absolute atomic E-state index is 5.62. The van der Waals surface area contributed by atoms with E-state index in [0.717, 1.165) is 18.7 Å². The number of fused-ring (bicyclic) bond motifs is 1. The summed E-state index contributed by atoms with van der Waals surface area (Å²) in [6.45, 7) is 4.91. The lowest BCUT2D eigenvalue weighted by Gasteiger charge is -2.07. The highest BCUT2D eigenvalue weighted by molar-refractivity contribution is 5.84. The molecule has 18 heavy (non-hydrogen) atoms. The third-order valence-corrected chi connectivity index (χ3v) is 3.30. The molecule has 94 valence electrons. The molecule has 1 N–H and O–H groups in total. The second kappa shape index (κ2) is 4.16. The molecule has 0 bridgehead atoms. The number of nitrogens with one attached hydrogen (secondary N) is 1. The van der Waals surface area contributed by atoms with Gasteiger partial charge in [-0.2, -0.15) is 0 Å². The Kier molecular flexibility index (Phi) is 2.62. The van der Waals surface area contributed by atoms with Crippen molar-refractivity contribution < 1.29 is 4.74 Å². The van der Waals surface area contributed by atoms with Gasteiger partial charge >= 0.3 is 0 Å². The van der Waals surface area contributed by atoms with E-state index in [1.165, 1.54) is 16.5 Å². The number of hydrogen-bond donors (Lipinski definition) is 1. The van der Waals surface area contributed by atoms with Crippen molar-refractivity contribution in [3.05, 3.63) is 36.0 Å². The summed E-state index contributed by atoms with van der Waals surface area (Å²) in [6, 6.07) is 8.38. The molecule has 2 aromatic rings. The molecule has 0 saturated heterocycles. The number of nitrogens with zero attached hydrogens (tertiary/aromatic N) is 1. The van der Waals surface area contributed by atoms with E-state index in [2.05, 4.69) is 54.3 Å². The molecule has 3 rings (SSSR count). The summed E-state index contributed by atoms with van der Waals surface area (Å²) in [6.07, 6.45) is 3.94. The maximum atomic E-state index is 5.62. The van der Waals surface area contributed by atoms with Gasteiger partial charge in [0.2, 0.25) is 0 Å². The number of para-hydroxylation sites is 1. The van der Waals surface area contributed by atoms with Gasteiger partial charge in [-0.3, -0.25) is 0 Å². The Hall–Kier alpha value is -1.77. The van der Waals surface area contributed by atoms with Crippen molar-refractivity contribution in [3.63, 3.8) is 0 Å². The minimum absolute atomic E-state index is 0.0461. The normalized spacial score (nSPS) is 17.8. The number of aromatic nitrogens is 1. The number of rotatable bonds is 3. The van der Waals surface area contributed by atoms with Crippen LogP contribution in [0, 0.1) is 0 Å². The molecule has 3 heteroatoms. The first-order valence-electron chi connectivity index (χ1n) is 6.41. The van der Waals surface area contributed by atoms with Crippen LogP contribution in [0.25, 0.3) is 10.9 Å². The Morgan fingerprint density at radius 2 is 2.11 bits per heavy atom. The number of H-pyrrole nitrogens is 1. The monoisotopic (exact) mass is 242 g/mol. The van der Waals surface area contributed by atoms with Crippen molar-refractivity contribution in [1.29, 1.82) is 0 Å². The topological polar surface area (TPSA) is 37.4 Å². The summed E-state index contributed by atoms with van der Waals surface area (Å²) in [7, 11) is 0. The van der Waals surface area contributed by atoms with Crippen molar-refractivity contribution in [2.45, 2.75) is 32.2 Å². The van der Waals surface area contributed by atoms with Crippen molar-refractivity contribution in [3.8, 4) is 0 Å². The number of aliphatic imine (C=N–C) groups is 1. The van der Waals surface area contributed by atoms with Crippen LogP contribution in [-0.4, -0.2) is 23.0 Å². The highest BCUT2D eigenvalue weighted by atomic mass is 16.5. The molecule has 2 heterocycles. The van der Waals surface area contributed by atoms with E-state index in [0.29, 0.717) is 6.61 Å². The lowest BCUT2D eigenvalue weighted by molar-refractivity contribution is 0.274. The quantitative estimate of drug-likeness (QED) is 0.881. The molecule has 1 aliphatic rings. The predicted octanol–water partition coefficient (Wildman–Crippen LogP) is 3.31. The Balaban J connectivity index is 1.74. The molecule has 0 saturated carbocycles. The van der Waals surface area contributed by atoms with Gasteiger partial charge in [0.25, 0.3) is 0 Å². The zero-order valence-corrected chi connectivity index (χ0v) is 10.9. The van der Waals surface area contributed by atoms with Crippen LogP contribution in [0.3, 0.4) is 0 Å². The first-order chi connectivity index (χ1) is 8.64. The van der Waals surface area contributed by atoms with Crippen molar-refractivity contribution in [2.75, 3.05) is 6.61 Å². The van der Waals surface area contributed by atoms with E-state index < -0.39 is 0 Å². The van der Waals surface area contributed by atoms with Crippen LogP contribution in [0.15, 0.2) is 35.5 Å². The lowest BCUT2D eigenvalue weighted by atomic mass is 10.1. The zero-order valence-electron chi connectivity index (χ0n) is 10.9. The van der Waals surface area contributed by atoms with Gasteiger partial charge < -0.3 is 9.72 Å². The van der Waals surface area contributed by atoms with Crippen LogP contribution in [0.2, 0.25) is 0 Å². The number of benzene rings is 1. The van der Waals surface area contributed by atoms with E-state index in [4.69, 9.17) is 4.74 Å². The Morgan fingerprint density at radius 3 is 2.89 bits per heavy atom. The van der Waals surface area contributed by atoms with E-state index >= 15 is 0 Å². The first-order valence-corrected chi connectivity index (χ1v) is 6.41. The largest absolute Gasteiger partial charge is 0.478 e. The van der Waals surface area contributed by atoms with Gasteiger partial charge in [0, 0.05) is 23.5 Å². The molecular formula is C15H18N2O. The summed E-state index contributed by atoms with van der Waals surface area (Å²) in [5.41, 5.74) is 2.49. The van der Waals surface area contributed by atoms with Gasteiger partial charge in [0.15, 0.2) is 5.90 Å². The Bertz CT molecular complexity index is 595. The fourth-order valence-electron chi connectivity index (χ4n) is 2.37. The van der Waals surface area contributed by atoms with Gasteiger partial charge in [-0.15, -0.1) is 0 Å². The molecule has 0 unspecified atom stereocenters. The molecule has 1 aliphatic heterocycles. The fourth-order valence-corrected chi connectivity index (χ4v) is 2.37. The molecular weight excluding hydrogens is 224 g/mol. The maximum Gasteiger partial charge on any atom is 0.184 e. The SMILES string of the molecule is CC1(C)COC(CCc2c[nH]c3ccccc23)=N1. The summed E-state index contributed by atoms with van der Waals surface area (Å²) in [5.74, 6) is 0.894. The molecule has 0 fully saturated rings. The van der Waals surface area contributed by atoms with Gasteiger partial charge in [-0.25, -0.2) is 4.99 Å². The zero-order chi connectivity index (χ0) is 12.6. The van der Waals surface area contributed by atoms with Crippen molar-refractivity contribution in [2.24, 2.45) is 4.99 Å². The first kappa shape index (κ1) is 11.3. The highest BCUT2D eigenvalue weighted by Crippen LogP contribution is 2.22. The summed E-state index contributed by atoms with van der Waals surface area (Å²) in [4.78, 5) is 7.88. The predicted molar refractivity (Wildman–Crippen MR) is 74.1 cm³/mol. The van der Waals surface area contributed by atoms with E-state index in [-0.39, 0.29) is 5.54 Å². The molecule has 0 spiro atoms. The van der Waals surface area contributed by atoms with Crippen LogP contribution >= 0.6 is 0 Å². The lowest BCUT2D eigenvalue weighted by Crippen LogP contribution is -2.17.